The van der Waals surface area contributed by atoms with E-state index in [4.69, 9.17) is 0 Å². The fourth-order valence-electron chi connectivity index (χ4n) is 3.18. The van der Waals surface area contributed by atoms with E-state index >= 15 is 0 Å². The Morgan fingerprint density at radius 1 is 1.45 bits per heavy atom. The Kier molecular flexibility index (Phi) is 3.44. The Hall–Kier alpha value is -1.88. The van der Waals surface area contributed by atoms with Crippen molar-refractivity contribution in [3.05, 3.63) is 30.4 Å². The van der Waals surface area contributed by atoms with Crippen LogP contribution in [0.2, 0.25) is 0 Å². The third-order valence-corrected chi connectivity index (χ3v) is 4.28. The summed E-state index contributed by atoms with van der Waals surface area (Å²) >= 11 is 0. The minimum absolute atomic E-state index is 0.501. The van der Waals surface area contributed by atoms with E-state index in [-0.39, 0.29) is 0 Å². The highest BCUT2D eigenvalue weighted by Crippen LogP contribution is 2.32. The second-order valence-electron chi connectivity index (χ2n) is 5.26. The van der Waals surface area contributed by atoms with Crippen molar-refractivity contribution in [2.24, 2.45) is 5.92 Å². The lowest BCUT2D eigenvalue weighted by Crippen LogP contribution is -2.13. The van der Waals surface area contributed by atoms with Gasteiger partial charge in [0.25, 0.3) is 0 Å². The standard InChI is InChI=1S/C15H21N5/c1-4-10-6-17-7-11(10)13-8-18-14-9-19-15(16-3)12(5-2)20(13)14/h5,8-11,16-17H,2,4,6-7H2,1,3H3/t10?,11-/m0/s1. The zero-order valence-corrected chi connectivity index (χ0v) is 12.1. The molecule has 5 nitrogen and oxygen atoms in total. The average Bonchev–Trinajstić information content (AvgIpc) is 3.11. The van der Waals surface area contributed by atoms with E-state index < -0.39 is 0 Å². The fourth-order valence-corrected chi connectivity index (χ4v) is 3.18. The van der Waals surface area contributed by atoms with Gasteiger partial charge in [-0.15, -0.1) is 0 Å². The highest BCUT2D eigenvalue weighted by Gasteiger charge is 2.30. The van der Waals surface area contributed by atoms with Crippen molar-refractivity contribution in [1.29, 1.82) is 0 Å². The molecule has 2 aromatic heterocycles. The maximum Gasteiger partial charge on any atom is 0.156 e. The van der Waals surface area contributed by atoms with Gasteiger partial charge in [-0.1, -0.05) is 19.9 Å². The van der Waals surface area contributed by atoms with Crippen molar-refractivity contribution in [3.63, 3.8) is 0 Å². The molecular weight excluding hydrogens is 250 g/mol. The zero-order valence-electron chi connectivity index (χ0n) is 12.1. The van der Waals surface area contributed by atoms with E-state index in [0.29, 0.717) is 11.8 Å². The number of imidazole rings is 1. The van der Waals surface area contributed by atoms with E-state index in [2.05, 4.69) is 38.5 Å². The van der Waals surface area contributed by atoms with Crippen LogP contribution >= 0.6 is 0 Å². The van der Waals surface area contributed by atoms with Crippen LogP contribution in [0.5, 0.6) is 0 Å². The van der Waals surface area contributed by atoms with E-state index in [0.717, 1.165) is 30.2 Å². The number of nitrogens with one attached hydrogen (secondary N) is 2. The van der Waals surface area contributed by atoms with Gasteiger partial charge in [-0.3, -0.25) is 4.40 Å². The molecule has 0 bridgehead atoms. The summed E-state index contributed by atoms with van der Waals surface area (Å²) in [4.78, 5) is 8.91. The molecule has 3 heterocycles. The first-order chi connectivity index (χ1) is 9.80. The highest BCUT2D eigenvalue weighted by molar-refractivity contribution is 5.63. The van der Waals surface area contributed by atoms with Crippen LogP contribution in [0.3, 0.4) is 0 Å². The summed E-state index contributed by atoms with van der Waals surface area (Å²) in [5.41, 5.74) is 3.13. The number of rotatable bonds is 4. The van der Waals surface area contributed by atoms with Crippen molar-refractivity contribution < 1.29 is 0 Å². The van der Waals surface area contributed by atoms with Gasteiger partial charge in [0.2, 0.25) is 0 Å². The van der Waals surface area contributed by atoms with Crippen LogP contribution < -0.4 is 10.6 Å². The number of hydrogen-bond acceptors (Lipinski definition) is 4. The Bertz CT molecular complexity index is 630. The van der Waals surface area contributed by atoms with Gasteiger partial charge in [-0.25, -0.2) is 9.97 Å². The molecule has 20 heavy (non-hydrogen) atoms. The Morgan fingerprint density at radius 2 is 2.30 bits per heavy atom. The Morgan fingerprint density at radius 3 is 3.00 bits per heavy atom. The summed E-state index contributed by atoms with van der Waals surface area (Å²) in [7, 11) is 1.88. The molecule has 3 rings (SSSR count). The SMILES string of the molecule is C=Cc1c(NC)ncc2ncc([C@H]3CNCC3CC)n12. The highest BCUT2D eigenvalue weighted by atomic mass is 15.1. The monoisotopic (exact) mass is 271 g/mol. The molecule has 2 aromatic rings. The third-order valence-electron chi connectivity index (χ3n) is 4.28. The van der Waals surface area contributed by atoms with Crippen molar-refractivity contribution in [3.8, 4) is 0 Å². The lowest BCUT2D eigenvalue weighted by Gasteiger charge is -2.18. The van der Waals surface area contributed by atoms with Gasteiger partial charge < -0.3 is 10.6 Å². The smallest absolute Gasteiger partial charge is 0.156 e. The molecule has 5 heteroatoms. The Balaban J connectivity index is 2.18. The first kappa shape index (κ1) is 13.1. The van der Waals surface area contributed by atoms with E-state index in [9.17, 15) is 0 Å². The number of anilines is 1. The number of hydrogen-bond donors (Lipinski definition) is 2. The minimum atomic E-state index is 0.501. The molecule has 106 valence electrons. The van der Waals surface area contributed by atoms with Crippen LogP contribution in [0.25, 0.3) is 11.7 Å². The summed E-state index contributed by atoms with van der Waals surface area (Å²) in [6.07, 6.45) is 6.83. The van der Waals surface area contributed by atoms with Crippen molar-refractivity contribution >= 4 is 17.5 Å². The van der Waals surface area contributed by atoms with Crippen LogP contribution in [-0.2, 0) is 0 Å². The molecule has 0 amide bonds. The van der Waals surface area contributed by atoms with Crippen molar-refractivity contribution in [1.82, 2.24) is 19.7 Å². The first-order valence-electron chi connectivity index (χ1n) is 7.17. The summed E-state index contributed by atoms with van der Waals surface area (Å²) < 4.78 is 2.19. The molecule has 2 atom stereocenters. The summed E-state index contributed by atoms with van der Waals surface area (Å²) in [6, 6.07) is 0. The lowest BCUT2D eigenvalue weighted by molar-refractivity contribution is 0.492. The number of aromatic nitrogens is 3. The van der Waals surface area contributed by atoms with Crippen molar-refractivity contribution in [2.45, 2.75) is 19.3 Å². The predicted octanol–water partition coefficient (Wildman–Crippen LogP) is 2.13. The molecule has 1 saturated heterocycles. The molecule has 0 radical (unpaired) electrons. The Labute approximate surface area is 119 Å². The van der Waals surface area contributed by atoms with Crippen LogP contribution in [0.1, 0.15) is 30.7 Å². The summed E-state index contributed by atoms with van der Waals surface area (Å²) in [5, 5.41) is 6.62. The molecule has 1 aliphatic rings. The molecule has 0 aliphatic carbocycles. The van der Waals surface area contributed by atoms with Gasteiger partial charge in [-0.05, 0) is 18.5 Å². The summed E-state index contributed by atoms with van der Waals surface area (Å²) in [5.74, 6) is 2.00. The van der Waals surface area contributed by atoms with E-state index in [1.54, 1.807) is 0 Å². The molecule has 1 unspecified atom stereocenters. The molecule has 1 fully saturated rings. The molecule has 0 spiro atoms. The van der Waals surface area contributed by atoms with Gasteiger partial charge in [0.1, 0.15) is 5.82 Å². The average molecular weight is 271 g/mol. The number of fused-ring (bicyclic) bond motifs is 1. The molecule has 0 saturated carbocycles. The quantitative estimate of drug-likeness (QED) is 0.894. The fraction of sp³-hybridized carbons (Fsp3) is 0.467. The third kappa shape index (κ3) is 1.89. The lowest BCUT2D eigenvalue weighted by atomic mass is 9.91. The molecular formula is C15H21N5. The van der Waals surface area contributed by atoms with Crippen molar-refractivity contribution in [2.75, 3.05) is 25.5 Å². The second kappa shape index (κ2) is 5.25. The van der Waals surface area contributed by atoms with Crippen LogP contribution in [0.15, 0.2) is 19.0 Å². The maximum atomic E-state index is 4.51. The van der Waals surface area contributed by atoms with E-state index in [1.165, 1.54) is 12.1 Å². The van der Waals surface area contributed by atoms with Crippen LogP contribution in [0.4, 0.5) is 5.82 Å². The largest absolute Gasteiger partial charge is 0.371 e. The van der Waals surface area contributed by atoms with Gasteiger partial charge in [0.15, 0.2) is 5.65 Å². The second-order valence-corrected chi connectivity index (χ2v) is 5.26. The molecule has 0 aromatic carbocycles. The van der Waals surface area contributed by atoms with Gasteiger partial charge in [0.05, 0.1) is 11.9 Å². The minimum Gasteiger partial charge on any atom is -0.371 e. The first-order valence-corrected chi connectivity index (χ1v) is 7.17. The normalized spacial score (nSPS) is 22.3. The summed E-state index contributed by atoms with van der Waals surface area (Å²) in [6.45, 7) is 8.28. The van der Waals surface area contributed by atoms with E-state index in [1.807, 2.05) is 25.5 Å². The topological polar surface area (TPSA) is 54.2 Å². The molecule has 1 aliphatic heterocycles. The van der Waals surface area contributed by atoms with Crippen LogP contribution in [-0.4, -0.2) is 34.5 Å². The number of nitrogens with zero attached hydrogens (tertiary/aromatic N) is 3. The van der Waals surface area contributed by atoms with Gasteiger partial charge in [-0.2, -0.15) is 0 Å². The van der Waals surface area contributed by atoms with Gasteiger partial charge in [0, 0.05) is 31.4 Å². The maximum absolute atomic E-state index is 4.51. The molecule has 2 N–H and O–H groups in total. The van der Waals surface area contributed by atoms with Crippen LogP contribution in [0, 0.1) is 5.92 Å². The zero-order chi connectivity index (χ0) is 14.1. The predicted molar refractivity (Wildman–Crippen MR) is 82.0 cm³/mol. The van der Waals surface area contributed by atoms with Gasteiger partial charge >= 0.3 is 0 Å².